The second-order valence-corrected chi connectivity index (χ2v) is 7.73. The third-order valence-corrected chi connectivity index (χ3v) is 5.29. The summed E-state index contributed by atoms with van der Waals surface area (Å²) in [5.41, 5.74) is 1.32. The number of nitrogens with zero attached hydrogens (tertiary/aromatic N) is 1. The fourth-order valence-corrected chi connectivity index (χ4v) is 4.32. The van der Waals surface area contributed by atoms with Crippen LogP contribution < -0.4 is 5.32 Å². The van der Waals surface area contributed by atoms with Crippen molar-refractivity contribution in [2.45, 2.75) is 36.4 Å². The molecule has 0 saturated carbocycles. The number of hydrogen-bond acceptors (Lipinski definition) is 3. The number of carbonyl (C=O) groups is 1. The van der Waals surface area contributed by atoms with Gasteiger partial charge in [0.1, 0.15) is 11.4 Å². The number of amides is 1. The zero-order chi connectivity index (χ0) is 13.5. The van der Waals surface area contributed by atoms with Crippen molar-refractivity contribution in [3.8, 4) is 0 Å². The molecule has 2 fully saturated rings. The molecule has 1 aromatic rings. The number of nitrogens with one attached hydrogen (secondary N) is 1. The number of hydrogen-bond donors (Lipinski definition) is 1. The molecule has 2 unspecified atom stereocenters. The van der Waals surface area contributed by atoms with Gasteiger partial charge in [-0.05, 0) is 25.8 Å². The lowest BCUT2D eigenvalue weighted by atomic mass is 10.0. The SMILES string of the molecule is CC1(C)CN2C(=O)C(NCCc3ccccc3)C2S1. The van der Waals surface area contributed by atoms with Crippen molar-refractivity contribution in [1.29, 1.82) is 0 Å². The first-order valence-electron chi connectivity index (χ1n) is 6.82. The van der Waals surface area contributed by atoms with E-state index in [0.717, 1.165) is 19.5 Å². The zero-order valence-electron chi connectivity index (χ0n) is 11.4. The Bertz CT molecular complexity index is 474. The van der Waals surface area contributed by atoms with Gasteiger partial charge >= 0.3 is 0 Å². The fourth-order valence-electron chi connectivity index (χ4n) is 2.80. The van der Waals surface area contributed by atoms with E-state index in [1.165, 1.54) is 5.56 Å². The van der Waals surface area contributed by atoms with Crippen LogP contribution in [0.25, 0.3) is 0 Å². The highest BCUT2D eigenvalue weighted by Gasteiger charge is 2.55. The summed E-state index contributed by atoms with van der Waals surface area (Å²) in [5.74, 6) is 0.274. The first-order chi connectivity index (χ1) is 9.07. The fraction of sp³-hybridized carbons (Fsp3) is 0.533. The first kappa shape index (κ1) is 13.0. The quantitative estimate of drug-likeness (QED) is 0.852. The molecule has 0 radical (unpaired) electrons. The number of rotatable bonds is 4. The third-order valence-electron chi connectivity index (χ3n) is 3.75. The van der Waals surface area contributed by atoms with Gasteiger partial charge in [0.05, 0.1) is 0 Å². The lowest BCUT2D eigenvalue weighted by Crippen LogP contribution is -2.66. The van der Waals surface area contributed by atoms with Gasteiger partial charge in [-0.25, -0.2) is 0 Å². The summed E-state index contributed by atoms with van der Waals surface area (Å²) < 4.78 is 0.205. The smallest absolute Gasteiger partial charge is 0.243 e. The molecule has 0 bridgehead atoms. The Labute approximate surface area is 118 Å². The van der Waals surface area contributed by atoms with E-state index in [0.29, 0.717) is 5.37 Å². The molecule has 2 heterocycles. The summed E-state index contributed by atoms with van der Waals surface area (Å²) in [4.78, 5) is 14.0. The minimum absolute atomic E-state index is 0.0236. The molecule has 2 aliphatic heterocycles. The molecule has 2 aliphatic rings. The Kier molecular flexibility index (Phi) is 3.31. The Morgan fingerprint density at radius 3 is 2.84 bits per heavy atom. The number of β-lactam (4-membered cyclic amide) rings is 1. The molecule has 19 heavy (non-hydrogen) atoms. The molecule has 2 saturated heterocycles. The molecule has 0 spiro atoms. The summed E-state index contributed by atoms with van der Waals surface area (Å²) >= 11 is 1.92. The molecule has 1 amide bonds. The van der Waals surface area contributed by atoms with Gasteiger partial charge in [-0.3, -0.25) is 4.79 Å². The number of benzene rings is 1. The highest BCUT2D eigenvalue weighted by Crippen LogP contribution is 2.46. The molecule has 2 atom stereocenters. The lowest BCUT2D eigenvalue weighted by molar-refractivity contribution is -0.145. The Morgan fingerprint density at radius 1 is 1.37 bits per heavy atom. The molecule has 0 aromatic heterocycles. The summed E-state index contributed by atoms with van der Waals surface area (Å²) in [6, 6.07) is 10.4. The van der Waals surface area contributed by atoms with Crippen molar-refractivity contribution in [3.05, 3.63) is 35.9 Å². The molecule has 3 rings (SSSR count). The van der Waals surface area contributed by atoms with E-state index in [2.05, 4.69) is 43.4 Å². The van der Waals surface area contributed by atoms with Crippen LogP contribution in [0.3, 0.4) is 0 Å². The summed E-state index contributed by atoms with van der Waals surface area (Å²) in [7, 11) is 0. The Hall–Kier alpha value is -1.00. The van der Waals surface area contributed by atoms with Gasteiger partial charge in [0, 0.05) is 17.8 Å². The number of thioether (sulfide) groups is 1. The van der Waals surface area contributed by atoms with E-state index < -0.39 is 0 Å². The van der Waals surface area contributed by atoms with Crippen molar-refractivity contribution < 1.29 is 4.79 Å². The van der Waals surface area contributed by atoms with Crippen molar-refractivity contribution >= 4 is 17.7 Å². The maximum absolute atomic E-state index is 12.0. The molecular formula is C15H20N2OS. The second-order valence-electron chi connectivity index (χ2n) is 5.90. The molecule has 102 valence electrons. The summed E-state index contributed by atoms with van der Waals surface area (Å²) in [6.07, 6.45) is 0.978. The van der Waals surface area contributed by atoms with E-state index in [1.54, 1.807) is 0 Å². The Balaban J connectivity index is 1.51. The van der Waals surface area contributed by atoms with Crippen molar-refractivity contribution in [2.75, 3.05) is 13.1 Å². The van der Waals surface area contributed by atoms with Crippen molar-refractivity contribution in [1.82, 2.24) is 10.2 Å². The van der Waals surface area contributed by atoms with Crippen LogP contribution in [0.2, 0.25) is 0 Å². The van der Waals surface area contributed by atoms with Gasteiger partial charge in [0.2, 0.25) is 5.91 Å². The molecule has 3 nitrogen and oxygen atoms in total. The van der Waals surface area contributed by atoms with Gasteiger partial charge in [0.25, 0.3) is 0 Å². The van der Waals surface area contributed by atoms with E-state index in [9.17, 15) is 4.79 Å². The largest absolute Gasteiger partial charge is 0.326 e. The van der Waals surface area contributed by atoms with Gasteiger partial charge in [-0.15, -0.1) is 11.8 Å². The highest BCUT2D eigenvalue weighted by atomic mass is 32.2. The van der Waals surface area contributed by atoms with Crippen LogP contribution in [-0.2, 0) is 11.2 Å². The standard InChI is InChI=1S/C15H20N2OS/c1-15(2)10-17-13(18)12(14(17)19-15)16-9-8-11-6-4-3-5-7-11/h3-7,12,14,16H,8-10H2,1-2H3. The summed E-state index contributed by atoms with van der Waals surface area (Å²) in [6.45, 7) is 6.18. The van der Waals surface area contributed by atoms with Crippen LogP contribution in [0.15, 0.2) is 30.3 Å². The molecular weight excluding hydrogens is 256 g/mol. The predicted molar refractivity (Wildman–Crippen MR) is 79.1 cm³/mol. The van der Waals surface area contributed by atoms with Crippen molar-refractivity contribution in [2.24, 2.45) is 0 Å². The average molecular weight is 276 g/mol. The zero-order valence-corrected chi connectivity index (χ0v) is 12.2. The Morgan fingerprint density at radius 2 is 2.11 bits per heavy atom. The maximum Gasteiger partial charge on any atom is 0.243 e. The molecule has 1 aromatic carbocycles. The number of fused-ring (bicyclic) bond motifs is 1. The van der Waals surface area contributed by atoms with E-state index in [4.69, 9.17) is 0 Å². The first-order valence-corrected chi connectivity index (χ1v) is 7.70. The third kappa shape index (κ3) is 2.51. The van der Waals surface area contributed by atoms with Gasteiger partial charge in [0.15, 0.2) is 0 Å². The van der Waals surface area contributed by atoms with Crippen LogP contribution in [0.4, 0.5) is 0 Å². The summed E-state index contributed by atoms with van der Waals surface area (Å²) in [5, 5.41) is 3.76. The van der Waals surface area contributed by atoms with Crippen molar-refractivity contribution in [3.63, 3.8) is 0 Å². The van der Waals surface area contributed by atoms with Gasteiger partial charge in [-0.2, -0.15) is 0 Å². The second kappa shape index (κ2) is 4.84. The molecule has 0 aliphatic carbocycles. The van der Waals surface area contributed by atoms with Crippen LogP contribution >= 0.6 is 11.8 Å². The monoisotopic (exact) mass is 276 g/mol. The average Bonchev–Trinajstić information content (AvgIpc) is 2.68. The molecule has 4 heteroatoms. The minimum atomic E-state index is 0.0236. The van der Waals surface area contributed by atoms with Crippen LogP contribution in [0.5, 0.6) is 0 Å². The van der Waals surface area contributed by atoms with E-state index in [-0.39, 0.29) is 16.7 Å². The topological polar surface area (TPSA) is 32.3 Å². The maximum atomic E-state index is 12.0. The lowest BCUT2D eigenvalue weighted by Gasteiger charge is -2.42. The van der Waals surface area contributed by atoms with Crippen LogP contribution in [0.1, 0.15) is 19.4 Å². The van der Waals surface area contributed by atoms with Crippen LogP contribution in [-0.4, -0.2) is 40.1 Å². The minimum Gasteiger partial charge on any atom is -0.326 e. The predicted octanol–water partition coefficient (Wildman–Crippen LogP) is 1.88. The van der Waals surface area contributed by atoms with E-state index >= 15 is 0 Å². The van der Waals surface area contributed by atoms with Crippen LogP contribution in [0, 0.1) is 0 Å². The van der Waals surface area contributed by atoms with Gasteiger partial charge < -0.3 is 10.2 Å². The highest BCUT2D eigenvalue weighted by molar-refractivity contribution is 8.01. The normalized spacial score (nSPS) is 28.1. The van der Waals surface area contributed by atoms with E-state index in [1.807, 2.05) is 22.7 Å². The molecule has 1 N–H and O–H groups in total. The number of carbonyl (C=O) groups excluding carboxylic acids is 1. The van der Waals surface area contributed by atoms with Gasteiger partial charge in [-0.1, -0.05) is 30.3 Å².